The highest BCUT2D eigenvalue weighted by atomic mass is 79.9. The molecule has 0 aliphatic heterocycles. The van der Waals surface area contributed by atoms with Crippen molar-refractivity contribution in [3.8, 4) is 0 Å². The highest BCUT2D eigenvalue weighted by Gasteiger charge is 2.26. The molecule has 1 aliphatic rings. The zero-order chi connectivity index (χ0) is 13.1. The number of aryl methyl sites for hydroxylation is 2. The molecule has 0 spiro atoms. The third-order valence-corrected chi connectivity index (χ3v) is 4.75. The van der Waals surface area contributed by atoms with Gasteiger partial charge in [-0.25, -0.2) is 0 Å². The summed E-state index contributed by atoms with van der Waals surface area (Å²) in [5.74, 6) is 0. The van der Waals surface area contributed by atoms with Crippen molar-refractivity contribution in [3.63, 3.8) is 0 Å². The Morgan fingerprint density at radius 2 is 2.22 bits per heavy atom. The van der Waals surface area contributed by atoms with Crippen molar-refractivity contribution in [1.82, 2.24) is 14.7 Å². The fraction of sp³-hybridized carbons (Fsp3) is 0.769. The number of rotatable bonds is 6. The predicted molar refractivity (Wildman–Crippen MR) is 75.4 cm³/mol. The van der Waals surface area contributed by atoms with E-state index in [9.17, 15) is 5.11 Å². The molecule has 1 aromatic rings. The zero-order valence-corrected chi connectivity index (χ0v) is 12.8. The lowest BCUT2D eigenvalue weighted by Crippen LogP contribution is -2.41. The van der Waals surface area contributed by atoms with Crippen LogP contribution in [0.5, 0.6) is 0 Å². The molecular weight excluding hydrogens is 294 g/mol. The summed E-state index contributed by atoms with van der Waals surface area (Å²) in [5, 5.41) is 13.7. The molecule has 1 heterocycles. The summed E-state index contributed by atoms with van der Waals surface area (Å²) < 4.78 is 3.10. The van der Waals surface area contributed by atoms with E-state index in [0.29, 0.717) is 6.04 Å². The van der Waals surface area contributed by atoms with Crippen LogP contribution in [0.1, 0.15) is 37.6 Å². The van der Waals surface area contributed by atoms with Crippen LogP contribution < -0.4 is 0 Å². The quantitative estimate of drug-likeness (QED) is 0.874. The van der Waals surface area contributed by atoms with Crippen LogP contribution >= 0.6 is 15.9 Å². The smallest absolute Gasteiger partial charge is 0.0767 e. The lowest BCUT2D eigenvalue weighted by molar-refractivity contribution is 0.0920. The van der Waals surface area contributed by atoms with Crippen LogP contribution in [0.25, 0.3) is 0 Å². The molecule has 1 saturated carbocycles. The van der Waals surface area contributed by atoms with Crippen LogP contribution in [0.15, 0.2) is 4.47 Å². The maximum atomic E-state index is 9.20. The summed E-state index contributed by atoms with van der Waals surface area (Å²) >= 11 is 3.66. The monoisotopic (exact) mass is 315 g/mol. The lowest BCUT2D eigenvalue weighted by Gasteiger charge is -2.37. The van der Waals surface area contributed by atoms with Gasteiger partial charge in [0.1, 0.15) is 0 Å². The first-order chi connectivity index (χ1) is 8.67. The average Bonchev–Trinajstić information content (AvgIpc) is 2.54. The molecule has 1 aliphatic carbocycles. The molecule has 0 unspecified atom stereocenters. The molecule has 1 N–H and O–H groups in total. The van der Waals surface area contributed by atoms with Crippen molar-refractivity contribution < 1.29 is 5.11 Å². The highest BCUT2D eigenvalue weighted by Crippen LogP contribution is 2.28. The van der Waals surface area contributed by atoms with Crippen LogP contribution in [0.2, 0.25) is 0 Å². The van der Waals surface area contributed by atoms with Gasteiger partial charge in [-0.1, -0.05) is 13.3 Å². The van der Waals surface area contributed by atoms with Gasteiger partial charge in [0, 0.05) is 26.2 Å². The number of nitrogens with zero attached hydrogens (tertiary/aromatic N) is 3. The highest BCUT2D eigenvalue weighted by molar-refractivity contribution is 9.10. The SMILES string of the molecule is CCc1nn(C)c(CN(CCO)C2CCC2)c1Br. The second-order valence-electron chi connectivity index (χ2n) is 4.96. The first kappa shape index (κ1) is 14.0. The standard InChI is InChI=1S/C13H22BrN3O/c1-3-11-13(14)12(16(2)15-11)9-17(7-8-18)10-5-4-6-10/h10,18H,3-9H2,1-2H3. The van der Waals surface area contributed by atoms with Crippen LogP contribution in [0.4, 0.5) is 0 Å². The Morgan fingerprint density at radius 1 is 1.50 bits per heavy atom. The Kier molecular flexibility index (Phi) is 4.81. The van der Waals surface area contributed by atoms with Crippen molar-refractivity contribution in [2.45, 2.75) is 45.2 Å². The van der Waals surface area contributed by atoms with Gasteiger partial charge in [-0.3, -0.25) is 9.58 Å². The lowest BCUT2D eigenvalue weighted by atomic mass is 9.91. The molecule has 1 aromatic heterocycles. The van der Waals surface area contributed by atoms with E-state index in [2.05, 4.69) is 32.9 Å². The summed E-state index contributed by atoms with van der Waals surface area (Å²) in [5.41, 5.74) is 2.33. The molecule has 0 saturated heterocycles. The Bertz CT molecular complexity index is 401. The van der Waals surface area contributed by atoms with E-state index in [0.717, 1.165) is 29.7 Å². The number of aliphatic hydroxyl groups is 1. The maximum absolute atomic E-state index is 9.20. The second-order valence-corrected chi connectivity index (χ2v) is 5.76. The molecule has 0 radical (unpaired) electrons. The van der Waals surface area contributed by atoms with E-state index in [4.69, 9.17) is 0 Å². The minimum absolute atomic E-state index is 0.229. The molecule has 0 amide bonds. The molecule has 0 bridgehead atoms. The van der Waals surface area contributed by atoms with Gasteiger partial charge in [0.25, 0.3) is 0 Å². The van der Waals surface area contributed by atoms with Crippen LogP contribution in [-0.4, -0.2) is 39.0 Å². The average molecular weight is 316 g/mol. The minimum Gasteiger partial charge on any atom is -0.395 e. The summed E-state index contributed by atoms with van der Waals surface area (Å²) in [7, 11) is 2.00. The zero-order valence-electron chi connectivity index (χ0n) is 11.2. The van der Waals surface area contributed by atoms with Crippen molar-refractivity contribution >= 4 is 15.9 Å². The fourth-order valence-electron chi connectivity index (χ4n) is 2.45. The van der Waals surface area contributed by atoms with E-state index in [-0.39, 0.29) is 6.61 Å². The van der Waals surface area contributed by atoms with Gasteiger partial charge in [0.2, 0.25) is 0 Å². The van der Waals surface area contributed by atoms with E-state index in [1.54, 1.807) is 0 Å². The largest absolute Gasteiger partial charge is 0.395 e. The molecule has 102 valence electrons. The molecule has 5 heteroatoms. The molecule has 0 atom stereocenters. The van der Waals surface area contributed by atoms with E-state index in [1.165, 1.54) is 25.0 Å². The van der Waals surface area contributed by atoms with E-state index >= 15 is 0 Å². The summed E-state index contributed by atoms with van der Waals surface area (Å²) in [4.78, 5) is 2.38. The predicted octanol–water partition coefficient (Wildman–Crippen LogP) is 2.09. The molecule has 1 fully saturated rings. The number of hydrogen-bond donors (Lipinski definition) is 1. The van der Waals surface area contributed by atoms with Gasteiger partial charge in [0.15, 0.2) is 0 Å². The fourth-order valence-corrected chi connectivity index (χ4v) is 3.20. The third kappa shape index (κ3) is 2.78. The molecule has 0 aromatic carbocycles. The van der Waals surface area contributed by atoms with Gasteiger partial charge >= 0.3 is 0 Å². The second kappa shape index (κ2) is 6.17. The molecule has 4 nitrogen and oxygen atoms in total. The number of hydrogen-bond acceptors (Lipinski definition) is 3. The van der Waals surface area contributed by atoms with E-state index < -0.39 is 0 Å². The third-order valence-electron chi connectivity index (χ3n) is 3.83. The Balaban J connectivity index is 2.12. The Labute approximate surface area is 117 Å². The molecular formula is C13H22BrN3O. The van der Waals surface area contributed by atoms with E-state index in [1.807, 2.05) is 11.7 Å². The normalized spacial score (nSPS) is 16.3. The summed E-state index contributed by atoms with van der Waals surface area (Å²) in [6.45, 7) is 3.97. The first-order valence-electron chi connectivity index (χ1n) is 6.72. The first-order valence-corrected chi connectivity index (χ1v) is 7.51. The Morgan fingerprint density at radius 3 is 2.67 bits per heavy atom. The number of aromatic nitrogens is 2. The van der Waals surface area contributed by atoms with Crippen LogP contribution in [0.3, 0.4) is 0 Å². The number of aliphatic hydroxyl groups excluding tert-OH is 1. The van der Waals surface area contributed by atoms with Crippen molar-refractivity contribution in [3.05, 3.63) is 15.9 Å². The maximum Gasteiger partial charge on any atom is 0.0767 e. The minimum atomic E-state index is 0.229. The number of halogens is 1. The van der Waals surface area contributed by atoms with Gasteiger partial charge in [-0.2, -0.15) is 5.10 Å². The van der Waals surface area contributed by atoms with Crippen molar-refractivity contribution in [2.24, 2.45) is 7.05 Å². The summed E-state index contributed by atoms with van der Waals surface area (Å²) in [6, 6.07) is 0.643. The topological polar surface area (TPSA) is 41.3 Å². The van der Waals surface area contributed by atoms with Crippen molar-refractivity contribution in [2.75, 3.05) is 13.2 Å². The van der Waals surface area contributed by atoms with Crippen molar-refractivity contribution in [1.29, 1.82) is 0 Å². The molecule has 18 heavy (non-hydrogen) atoms. The van der Waals surface area contributed by atoms with Crippen LogP contribution in [-0.2, 0) is 20.0 Å². The molecule has 2 rings (SSSR count). The summed E-state index contributed by atoms with van der Waals surface area (Å²) in [6.07, 6.45) is 4.78. The van der Waals surface area contributed by atoms with Crippen LogP contribution in [0, 0.1) is 0 Å². The van der Waals surface area contributed by atoms with Gasteiger partial charge in [0.05, 0.1) is 22.5 Å². The Hall–Kier alpha value is -0.390. The van der Waals surface area contributed by atoms with Gasteiger partial charge in [-0.05, 0) is 35.2 Å². The van der Waals surface area contributed by atoms with Gasteiger partial charge in [-0.15, -0.1) is 0 Å². The van der Waals surface area contributed by atoms with Gasteiger partial charge < -0.3 is 5.11 Å².